The maximum absolute atomic E-state index is 14.7. The maximum Gasteiger partial charge on any atom is 0.200 e. The normalized spacial score (nSPS) is 30.9. The van der Waals surface area contributed by atoms with E-state index in [1.54, 1.807) is 24.6 Å². The highest BCUT2D eigenvalue weighted by Gasteiger charge is 2.44. The average molecular weight is 417 g/mol. The van der Waals surface area contributed by atoms with Gasteiger partial charge >= 0.3 is 0 Å². The Balaban J connectivity index is 1.33. The van der Waals surface area contributed by atoms with Crippen molar-refractivity contribution >= 4 is 0 Å². The first-order valence-corrected chi connectivity index (χ1v) is 12.4. The van der Waals surface area contributed by atoms with Crippen LogP contribution in [0.5, 0.6) is 5.75 Å². The fraction of sp³-hybridized carbons (Fsp3) is 0.704. The summed E-state index contributed by atoms with van der Waals surface area (Å²) >= 11 is 0. The van der Waals surface area contributed by atoms with Gasteiger partial charge in [0, 0.05) is 0 Å². The second-order valence-corrected chi connectivity index (χ2v) is 9.81. The summed E-state index contributed by atoms with van der Waals surface area (Å²) in [6.45, 7) is 4.41. The third-order valence-corrected chi connectivity index (χ3v) is 8.27. The second kappa shape index (κ2) is 9.83. The smallest absolute Gasteiger partial charge is 0.200 e. The van der Waals surface area contributed by atoms with Gasteiger partial charge in [0.05, 0.1) is 6.61 Å². The molecule has 3 atom stereocenters. The van der Waals surface area contributed by atoms with Crippen molar-refractivity contribution in [3.63, 3.8) is 0 Å². The Morgan fingerprint density at radius 3 is 2.43 bits per heavy atom. The van der Waals surface area contributed by atoms with Crippen LogP contribution in [0, 0.1) is 35.3 Å². The molecule has 1 nitrogen and oxygen atoms in total. The molecule has 0 amide bonds. The lowest BCUT2D eigenvalue weighted by atomic mass is 9.70. The number of hydrogen-bond acceptors (Lipinski definition) is 1. The molecule has 166 valence electrons. The Labute approximate surface area is 181 Å². The van der Waals surface area contributed by atoms with Crippen LogP contribution < -0.4 is 4.74 Å². The standard InChI is InChI=1S/C27H38F2O/c1-3-5-6-7-18-12-13-24-21(18)14-15-22(24)19-8-10-20(11-9-19)23-16-17-25(30-4-2)27(29)26(23)28/h12,16-17,19-22,24H,3-11,13-15H2,1-2H3. The number of halogens is 2. The van der Waals surface area contributed by atoms with Crippen molar-refractivity contribution in [2.45, 2.75) is 90.4 Å². The SMILES string of the molecule is CCCCCC1=CCC2C1CCC2C1CCC(c2ccc(OCC)c(F)c2F)CC1. The van der Waals surface area contributed by atoms with E-state index in [-0.39, 0.29) is 11.7 Å². The number of allylic oxidation sites excluding steroid dienone is 2. The molecule has 3 aliphatic carbocycles. The van der Waals surface area contributed by atoms with Crippen LogP contribution in [0.1, 0.15) is 96.0 Å². The van der Waals surface area contributed by atoms with Crippen molar-refractivity contribution in [2.75, 3.05) is 6.61 Å². The first-order chi connectivity index (χ1) is 14.6. The van der Waals surface area contributed by atoms with Crippen LogP contribution in [0.2, 0.25) is 0 Å². The van der Waals surface area contributed by atoms with Gasteiger partial charge in [-0.25, -0.2) is 4.39 Å². The first kappa shape index (κ1) is 21.8. The fourth-order valence-corrected chi connectivity index (χ4v) is 6.78. The summed E-state index contributed by atoms with van der Waals surface area (Å²) in [5.41, 5.74) is 2.32. The van der Waals surface area contributed by atoms with Gasteiger partial charge < -0.3 is 4.74 Å². The van der Waals surface area contributed by atoms with E-state index in [0.29, 0.717) is 12.2 Å². The van der Waals surface area contributed by atoms with Gasteiger partial charge in [0.1, 0.15) is 0 Å². The highest BCUT2D eigenvalue weighted by molar-refractivity contribution is 5.33. The zero-order valence-corrected chi connectivity index (χ0v) is 18.8. The quantitative estimate of drug-likeness (QED) is 0.306. The van der Waals surface area contributed by atoms with E-state index in [1.165, 1.54) is 44.9 Å². The van der Waals surface area contributed by atoms with E-state index in [0.717, 1.165) is 49.4 Å². The van der Waals surface area contributed by atoms with Gasteiger partial charge in [-0.3, -0.25) is 0 Å². The molecule has 0 bridgehead atoms. The molecule has 1 aromatic carbocycles. The van der Waals surface area contributed by atoms with Gasteiger partial charge in [-0.05, 0) is 106 Å². The lowest BCUT2D eigenvalue weighted by Crippen LogP contribution is -2.25. The van der Waals surface area contributed by atoms with Gasteiger partial charge in [-0.1, -0.05) is 37.5 Å². The lowest BCUT2D eigenvalue weighted by molar-refractivity contribution is 0.184. The fourth-order valence-electron chi connectivity index (χ4n) is 6.78. The van der Waals surface area contributed by atoms with E-state index < -0.39 is 11.6 Å². The van der Waals surface area contributed by atoms with Crippen LogP contribution in [0.25, 0.3) is 0 Å². The molecule has 0 spiro atoms. The molecule has 3 aliphatic rings. The van der Waals surface area contributed by atoms with Crippen LogP contribution in [0.15, 0.2) is 23.8 Å². The number of fused-ring (bicyclic) bond motifs is 1. The molecular weight excluding hydrogens is 378 g/mol. The van der Waals surface area contributed by atoms with Crippen LogP contribution in [0.3, 0.4) is 0 Å². The molecule has 30 heavy (non-hydrogen) atoms. The molecule has 2 fully saturated rings. The minimum absolute atomic E-state index is 0.0351. The predicted molar refractivity (Wildman–Crippen MR) is 119 cm³/mol. The highest BCUT2D eigenvalue weighted by atomic mass is 19.2. The van der Waals surface area contributed by atoms with E-state index in [2.05, 4.69) is 13.0 Å². The van der Waals surface area contributed by atoms with Gasteiger partial charge in [-0.15, -0.1) is 0 Å². The van der Waals surface area contributed by atoms with E-state index >= 15 is 0 Å². The van der Waals surface area contributed by atoms with Crippen molar-refractivity contribution in [1.29, 1.82) is 0 Å². The molecule has 4 rings (SSSR count). The zero-order chi connectivity index (χ0) is 21.1. The van der Waals surface area contributed by atoms with Gasteiger partial charge in [0.25, 0.3) is 0 Å². The highest BCUT2D eigenvalue weighted by Crippen LogP contribution is 2.54. The minimum atomic E-state index is -0.817. The van der Waals surface area contributed by atoms with E-state index in [1.807, 2.05) is 0 Å². The first-order valence-electron chi connectivity index (χ1n) is 12.4. The Morgan fingerprint density at radius 1 is 0.900 bits per heavy atom. The van der Waals surface area contributed by atoms with Gasteiger partial charge in [-0.2, -0.15) is 4.39 Å². The van der Waals surface area contributed by atoms with Crippen molar-refractivity contribution in [2.24, 2.45) is 23.7 Å². The van der Waals surface area contributed by atoms with Crippen molar-refractivity contribution < 1.29 is 13.5 Å². The zero-order valence-electron chi connectivity index (χ0n) is 18.8. The molecule has 0 radical (unpaired) electrons. The number of benzene rings is 1. The van der Waals surface area contributed by atoms with Gasteiger partial charge in [0.15, 0.2) is 11.6 Å². The largest absolute Gasteiger partial charge is 0.491 e. The molecule has 0 N–H and O–H groups in total. The van der Waals surface area contributed by atoms with E-state index in [9.17, 15) is 8.78 Å². The predicted octanol–water partition coefficient (Wildman–Crippen LogP) is 8.19. The number of ether oxygens (including phenoxy) is 1. The number of hydrogen-bond donors (Lipinski definition) is 0. The molecule has 0 saturated heterocycles. The summed E-state index contributed by atoms with van der Waals surface area (Å²) in [5.74, 6) is 2.01. The molecule has 3 heteroatoms. The Hall–Kier alpha value is -1.38. The van der Waals surface area contributed by atoms with Crippen LogP contribution in [0.4, 0.5) is 8.78 Å². The summed E-state index contributed by atoms with van der Waals surface area (Å²) in [6, 6.07) is 3.36. The Morgan fingerprint density at radius 2 is 1.70 bits per heavy atom. The Kier molecular flexibility index (Phi) is 7.16. The van der Waals surface area contributed by atoms with Crippen LogP contribution in [-0.4, -0.2) is 6.61 Å². The molecule has 0 aliphatic heterocycles. The summed E-state index contributed by atoms with van der Waals surface area (Å²) in [7, 11) is 0. The maximum atomic E-state index is 14.7. The molecule has 0 heterocycles. The van der Waals surface area contributed by atoms with Crippen molar-refractivity contribution in [3.05, 3.63) is 41.0 Å². The van der Waals surface area contributed by atoms with Crippen molar-refractivity contribution in [1.82, 2.24) is 0 Å². The molecule has 1 aromatic rings. The Bertz CT molecular complexity index is 747. The van der Waals surface area contributed by atoms with E-state index in [4.69, 9.17) is 4.74 Å². The molecular formula is C27H38F2O. The van der Waals surface area contributed by atoms with Gasteiger partial charge in [0.2, 0.25) is 5.82 Å². The van der Waals surface area contributed by atoms with Crippen LogP contribution in [-0.2, 0) is 0 Å². The minimum Gasteiger partial charge on any atom is -0.491 e. The third kappa shape index (κ3) is 4.32. The molecule has 0 aromatic heterocycles. The number of unbranched alkanes of at least 4 members (excludes halogenated alkanes) is 2. The average Bonchev–Trinajstić information content (AvgIpc) is 3.35. The third-order valence-electron chi connectivity index (χ3n) is 8.27. The lowest BCUT2D eigenvalue weighted by Gasteiger charge is -2.35. The molecule has 3 unspecified atom stereocenters. The summed E-state index contributed by atoms with van der Waals surface area (Å²) in [4.78, 5) is 0. The summed E-state index contributed by atoms with van der Waals surface area (Å²) in [6.07, 6.45) is 16.2. The topological polar surface area (TPSA) is 9.23 Å². The monoisotopic (exact) mass is 416 g/mol. The second-order valence-electron chi connectivity index (χ2n) is 9.81. The summed E-state index contributed by atoms with van der Waals surface area (Å²) < 4.78 is 34.2. The summed E-state index contributed by atoms with van der Waals surface area (Å²) in [5, 5.41) is 0. The number of rotatable bonds is 8. The molecule has 2 saturated carbocycles. The van der Waals surface area contributed by atoms with Crippen LogP contribution >= 0.6 is 0 Å². The van der Waals surface area contributed by atoms with Crippen molar-refractivity contribution in [3.8, 4) is 5.75 Å².